The molecule has 0 aliphatic rings. The SMILES string of the molecule is COc1ccc(NC(=S)NC(=O)c2ccc(OC(C)C)c(Br)c2)cc1OC. The lowest BCUT2D eigenvalue weighted by Gasteiger charge is -2.14. The number of carbonyl (C=O) groups excluding carboxylic acids is 1. The number of carbonyl (C=O) groups is 1. The summed E-state index contributed by atoms with van der Waals surface area (Å²) in [5.74, 6) is 1.50. The number of halogens is 1. The van der Waals surface area contributed by atoms with E-state index in [0.717, 1.165) is 0 Å². The molecule has 0 bridgehead atoms. The molecule has 0 heterocycles. The van der Waals surface area contributed by atoms with E-state index in [2.05, 4.69) is 26.6 Å². The first-order valence-electron chi connectivity index (χ1n) is 8.14. The lowest BCUT2D eigenvalue weighted by Crippen LogP contribution is -2.34. The number of hydrogen-bond donors (Lipinski definition) is 2. The molecule has 0 fully saturated rings. The molecule has 1 amide bonds. The van der Waals surface area contributed by atoms with Gasteiger partial charge in [-0.05, 0) is 72.3 Å². The first-order valence-corrected chi connectivity index (χ1v) is 9.34. The summed E-state index contributed by atoms with van der Waals surface area (Å²) in [4.78, 5) is 12.4. The molecule has 27 heavy (non-hydrogen) atoms. The van der Waals surface area contributed by atoms with Crippen LogP contribution in [0.1, 0.15) is 24.2 Å². The fourth-order valence-corrected chi connectivity index (χ4v) is 2.93. The zero-order valence-corrected chi connectivity index (χ0v) is 17.9. The van der Waals surface area contributed by atoms with Gasteiger partial charge in [0.15, 0.2) is 16.6 Å². The molecule has 0 unspecified atom stereocenters. The minimum Gasteiger partial charge on any atom is -0.493 e. The van der Waals surface area contributed by atoms with Crippen LogP contribution in [0.5, 0.6) is 17.2 Å². The van der Waals surface area contributed by atoms with Crippen LogP contribution < -0.4 is 24.8 Å². The fourth-order valence-electron chi connectivity index (χ4n) is 2.24. The summed E-state index contributed by atoms with van der Waals surface area (Å²) < 4.78 is 16.8. The Morgan fingerprint density at radius 1 is 1.04 bits per heavy atom. The summed E-state index contributed by atoms with van der Waals surface area (Å²) in [6.07, 6.45) is 0.0410. The highest BCUT2D eigenvalue weighted by Gasteiger charge is 2.12. The Balaban J connectivity index is 2.03. The van der Waals surface area contributed by atoms with E-state index in [1.165, 1.54) is 0 Å². The molecule has 6 nitrogen and oxygen atoms in total. The Hall–Kier alpha value is -2.32. The molecule has 2 aromatic rings. The Morgan fingerprint density at radius 3 is 2.30 bits per heavy atom. The summed E-state index contributed by atoms with van der Waals surface area (Å²) in [5, 5.41) is 5.77. The highest BCUT2D eigenvalue weighted by molar-refractivity contribution is 9.10. The predicted octanol–water partition coefficient (Wildman–Crippen LogP) is 4.38. The predicted molar refractivity (Wildman–Crippen MR) is 113 cm³/mol. The third kappa shape index (κ3) is 5.83. The smallest absolute Gasteiger partial charge is 0.257 e. The molecular weight excluding hydrogens is 432 g/mol. The van der Waals surface area contributed by atoms with Crippen LogP contribution in [0.2, 0.25) is 0 Å². The fraction of sp³-hybridized carbons (Fsp3) is 0.263. The number of methoxy groups -OCH3 is 2. The van der Waals surface area contributed by atoms with Crippen molar-refractivity contribution in [2.24, 2.45) is 0 Å². The molecular formula is C19H21BrN2O4S. The molecule has 2 rings (SSSR count). The summed E-state index contributed by atoms with van der Waals surface area (Å²) in [6.45, 7) is 3.87. The van der Waals surface area contributed by atoms with E-state index in [1.807, 2.05) is 13.8 Å². The van der Waals surface area contributed by atoms with Gasteiger partial charge in [-0.2, -0.15) is 0 Å². The van der Waals surface area contributed by atoms with Gasteiger partial charge in [0.05, 0.1) is 24.8 Å². The van der Waals surface area contributed by atoms with Crippen LogP contribution in [-0.2, 0) is 0 Å². The van der Waals surface area contributed by atoms with Gasteiger partial charge in [-0.1, -0.05) is 0 Å². The Morgan fingerprint density at radius 2 is 1.70 bits per heavy atom. The van der Waals surface area contributed by atoms with Gasteiger partial charge in [-0.25, -0.2) is 0 Å². The molecule has 144 valence electrons. The monoisotopic (exact) mass is 452 g/mol. The van der Waals surface area contributed by atoms with Crippen LogP contribution >= 0.6 is 28.1 Å². The second kappa shape index (κ2) is 9.57. The van der Waals surface area contributed by atoms with Crippen molar-refractivity contribution in [2.75, 3.05) is 19.5 Å². The number of anilines is 1. The number of ether oxygens (including phenoxy) is 3. The highest BCUT2D eigenvalue weighted by atomic mass is 79.9. The maximum Gasteiger partial charge on any atom is 0.257 e. The van der Waals surface area contributed by atoms with Gasteiger partial charge in [-0.15, -0.1) is 0 Å². The van der Waals surface area contributed by atoms with E-state index in [-0.39, 0.29) is 17.1 Å². The lowest BCUT2D eigenvalue weighted by atomic mass is 10.2. The van der Waals surface area contributed by atoms with Crippen molar-refractivity contribution in [1.82, 2.24) is 5.32 Å². The van der Waals surface area contributed by atoms with E-state index in [0.29, 0.717) is 33.0 Å². The van der Waals surface area contributed by atoms with Gasteiger partial charge < -0.3 is 19.5 Å². The number of amides is 1. The third-order valence-electron chi connectivity index (χ3n) is 3.43. The van der Waals surface area contributed by atoms with Crippen LogP contribution in [0.15, 0.2) is 40.9 Å². The average molecular weight is 453 g/mol. The van der Waals surface area contributed by atoms with Gasteiger partial charge in [0.1, 0.15) is 5.75 Å². The van der Waals surface area contributed by atoms with Crippen LogP contribution in [0, 0.1) is 0 Å². The van der Waals surface area contributed by atoms with E-state index in [1.54, 1.807) is 50.6 Å². The van der Waals surface area contributed by atoms with Crippen LogP contribution in [-0.4, -0.2) is 31.3 Å². The van der Waals surface area contributed by atoms with E-state index in [4.69, 9.17) is 26.4 Å². The number of rotatable bonds is 6. The van der Waals surface area contributed by atoms with Gasteiger partial charge in [-0.3, -0.25) is 10.1 Å². The third-order valence-corrected chi connectivity index (χ3v) is 4.25. The lowest BCUT2D eigenvalue weighted by molar-refractivity contribution is 0.0977. The number of thiocarbonyl (C=S) groups is 1. The zero-order valence-electron chi connectivity index (χ0n) is 15.5. The Kier molecular flexibility index (Phi) is 7.44. The molecule has 0 saturated carbocycles. The van der Waals surface area contributed by atoms with E-state index in [9.17, 15) is 4.79 Å². The largest absolute Gasteiger partial charge is 0.493 e. The molecule has 0 aromatic heterocycles. The maximum atomic E-state index is 12.4. The molecule has 0 atom stereocenters. The normalized spacial score (nSPS) is 10.3. The highest BCUT2D eigenvalue weighted by Crippen LogP contribution is 2.30. The standard InChI is InChI=1S/C19H21BrN2O4S/c1-11(2)26-15-7-5-12(9-14(15)20)18(23)22-19(27)21-13-6-8-16(24-3)17(10-13)25-4/h5-11H,1-4H3,(H2,21,22,23,27). The van der Waals surface area contributed by atoms with Gasteiger partial charge in [0.25, 0.3) is 5.91 Å². The quantitative estimate of drug-likeness (QED) is 0.633. The molecule has 2 N–H and O–H groups in total. The molecule has 0 radical (unpaired) electrons. The second-order valence-corrected chi connectivity index (χ2v) is 7.05. The summed E-state index contributed by atoms with van der Waals surface area (Å²) in [7, 11) is 3.11. The summed E-state index contributed by atoms with van der Waals surface area (Å²) in [6, 6.07) is 10.4. The average Bonchev–Trinajstić information content (AvgIpc) is 2.62. The van der Waals surface area contributed by atoms with Gasteiger partial charge in [0.2, 0.25) is 0 Å². The maximum absolute atomic E-state index is 12.4. The Bertz CT molecular complexity index is 842. The van der Waals surface area contributed by atoms with Crippen LogP contribution in [0.3, 0.4) is 0 Å². The first kappa shape index (κ1) is 21.0. The molecule has 0 aliphatic carbocycles. The van der Waals surface area contributed by atoms with Gasteiger partial charge >= 0.3 is 0 Å². The van der Waals surface area contributed by atoms with Crippen molar-refractivity contribution in [3.05, 3.63) is 46.4 Å². The van der Waals surface area contributed by atoms with Crippen molar-refractivity contribution in [3.63, 3.8) is 0 Å². The zero-order chi connectivity index (χ0) is 20.0. The molecule has 8 heteroatoms. The topological polar surface area (TPSA) is 68.8 Å². The molecule has 0 aliphatic heterocycles. The second-order valence-electron chi connectivity index (χ2n) is 5.79. The number of hydrogen-bond acceptors (Lipinski definition) is 5. The van der Waals surface area contributed by atoms with E-state index >= 15 is 0 Å². The van der Waals surface area contributed by atoms with Crippen molar-refractivity contribution in [3.8, 4) is 17.2 Å². The minimum atomic E-state index is -0.329. The Labute approximate surface area is 172 Å². The minimum absolute atomic E-state index is 0.0410. The molecule has 2 aromatic carbocycles. The van der Waals surface area contributed by atoms with E-state index < -0.39 is 0 Å². The molecule has 0 saturated heterocycles. The summed E-state index contributed by atoms with van der Waals surface area (Å²) in [5.41, 5.74) is 1.12. The summed E-state index contributed by atoms with van der Waals surface area (Å²) >= 11 is 8.63. The van der Waals surface area contributed by atoms with Gasteiger partial charge in [0, 0.05) is 17.3 Å². The molecule has 0 spiro atoms. The van der Waals surface area contributed by atoms with Crippen molar-refractivity contribution >= 4 is 44.9 Å². The van der Waals surface area contributed by atoms with Crippen molar-refractivity contribution in [2.45, 2.75) is 20.0 Å². The van der Waals surface area contributed by atoms with Crippen molar-refractivity contribution in [1.29, 1.82) is 0 Å². The van der Waals surface area contributed by atoms with Crippen LogP contribution in [0.4, 0.5) is 5.69 Å². The first-order chi connectivity index (χ1) is 12.8. The van der Waals surface area contributed by atoms with Crippen LogP contribution in [0.25, 0.3) is 0 Å². The van der Waals surface area contributed by atoms with Crippen molar-refractivity contribution < 1.29 is 19.0 Å². The number of nitrogens with one attached hydrogen (secondary N) is 2. The number of benzene rings is 2.